The van der Waals surface area contributed by atoms with Crippen molar-refractivity contribution in [3.8, 4) is 0 Å². The number of nitrogens with zero attached hydrogens (tertiary/aromatic N) is 1. The van der Waals surface area contributed by atoms with E-state index in [2.05, 4.69) is 25.6 Å². The maximum Gasteiger partial charge on any atom is 0.242 e. The van der Waals surface area contributed by atoms with E-state index in [4.69, 9.17) is 5.11 Å². The van der Waals surface area contributed by atoms with Crippen molar-refractivity contribution in [1.82, 2.24) is 9.62 Å². The van der Waals surface area contributed by atoms with Crippen LogP contribution in [-0.2, 0) is 16.6 Å². The normalized spacial score (nSPS) is 27.1. The zero-order valence-corrected chi connectivity index (χ0v) is 14.1. The van der Waals surface area contributed by atoms with Crippen molar-refractivity contribution in [3.05, 3.63) is 14.7 Å². The van der Waals surface area contributed by atoms with E-state index >= 15 is 0 Å². The number of sulfonamides is 1. The molecule has 112 valence electrons. The molecule has 0 aromatic carbocycles. The van der Waals surface area contributed by atoms with Crippen molar-refractivity contribution in [3.63, 3.8) is 0 Å². The summed E-state index contributed by atoms with van der Waals surface area (Å²) in [5.41, 5.74) is 0. The Balaban J connectivity index is 1.80. The lowest BCUT2D eigenvalue weighted by molar-refractivity contribution is 0.285. The van der Waals surface area contributed by atoms with Crippen LogP contribution in [0.15, 0.2) is 14.7 Å². The predicted molar refractivity (Wildman–Crippen MR) is 81.3 cm³/mol. The van der Waals surface area contributed by atoms with Gasteiger partial charge in [-0.25, -0.2) is 13.1 Å². The van der Waals surface area contributed by atoms with Gasteiger partial charge in [-0.15, -0.1) is 11.3 Å². The Bertz CT molecular complexity index is 602. The van der Waals surface area contributed by atoms with Gasteiger partial charge in [0.05, 0.1) is 10.4 Å². The molecule has 20 heavy (non-hydrogen) atoms. The smallest absolute Gasteiger partial charge is 0.242 e. The van der Waals surface area contributed by atoms with Crippen LogP contribution in [0.2, 0.25) is 0 Å². The summed E-state index contributed by atoms with van der Waals surface area (Å²) in [6, 6.07) is 1.89. The van der Waals surface area contributed by atoms with Gasteiger partial charge in [0.1, 0.15) is 4.90 Å². The van der Waals surface area contributed by atoms with E-state index in [9.17, 15) is 8.42 Å². The molecule has 2 aliphatic rings. The average molecular weight is 381 g/mol. The highest BCUT2D eigenvalue weighted by molar-refractivity contribution is 9.11. The second kappa shape index (κ2) is 5.66. The van der Waals surface area contributed by atoms with Gasteiger partial charge in [-0.2, -0.15) is 0 Å². The molecule has 2 unspecified atom stereocenters. The van der Waals surface area contributed by atoms with Crippen molar-refractivity contribution < 1.29 is 13.5 Å². The minimum atomic E-state index is -3.53. The highest BCUT2D eigenvalue weighted by Crippen LogP contribution is 2.33. The first-order valence-corrected chi connectivity index (χ1v) is 9.76. The first-order valence-electron chi connectivity index (χ1n) is 6.67. The largest absolute Gasteiger partial charge is 0.391 e. The van der Waals surface area contributed by atoms with Gasteiger partial charge in [0.2, 0.25) is 10.0 Å². The van der Waals surface area contributed by atoms with Crippen molar-refractivity contribution in [2.45, 2.75) is 42.8 Å². The minimum Gasteiger partial charge on any atom is -0.391 e. The number of aliphatic hydroxyl groups is 1. The predicted octanol–water partition coefficient (Wildman–Crippen LogP) is 1.52. The first-order chi connectivity index (χ1) is 9.51. The maximum atomic E-state index is 12.5. The Labute approximate surface area is 131 Å². The van der Waals surface area contributed by atoms with Gasteiger partial charge in [-0.3, -0.25) is 4.90 Å². The van der Waals surface area contributed by atoms with E-state index < -0.39 is 10.0 Å². The van der Waals surface area contributed by atoms with E-state index in [0.717, 1.165) is 32.4 Å². The van der Waals surface area contributed by atoms with Gasteiger partial charge in [0.15, 0.2) is 0 Å². The molecule has 0 spiro atoms. The summed E-state index contributed by atoms with van der Waals surface area (Å²) in [6.07, 6.45) is 3.10. The zero-order valence-electron chi connectivity index (χ0n) is 10.9. The molecule has 2 fully saturated rings. The summed E-state index contributed by atoms with van der Waals surface area (Å²) in [7, 11) is -3.53. The molecule has 0 amide bonds. The molecule has 0 aliphatic carbocycles. The van der Waals surface area contributed by atoms with E-state index in [0.29, 0.717) is 14.7 Å². The molecule has 1 aromatic heterocycles. The van der Waals surface area contributed by atoms with Crippen molar-refractivity contribution >= 4 is 37.3 Å². The molecule has 0 radical (unpaired) electrons. The molecule has 2 saturated heterocycles. The molecule has 3 heterocycles. The van der Waals surface area contributed by atoms with Crippen LogP contribution in [0.5, 0.6) is 0 Å². The Morgan fingerprint density at radius 3 is 2.95 bits per heavy atom. The Kier molecular flexibility index (Phi) is 4.22. The molecule has 2 N–H and O–H groups in total. The number of thiophene rings is 1. The van der Waals surface area contributed by atoms with Crippen LogP contribution in [0.1, 0.15) is 24.1 Å². The third kappa shape index (κ3) is 2.69. The van der Waals surface area contributed by atoms with Crippen LogP contribution >= 0.6 is 27.3 Å². The van der Waals surface area contributed by atoms with Crippen LogP contribution in [0.25, 0.3) is 0 Å². The van der Waals surface area contributed by atoms with E-state index in [1.54, 1.807) is 6.07 Å². The molecular formula is C12H17BrN2O3S2. The van der Waals surface area contributed by atoms with Crippen molar-refractivity contribution in [1.29, 1.82) is 0 Å². The van der Waals surface area contributed by atoms with E-state index in [1.807, 2.05) is 0 Å². The van der Waals surface area contributed by atoms with E-state index in [-0.39, 0.29) is 17.5 Å². The second-order valence-corrected chi connectivity index (χ2v) is 9.41. The molecule has 1 aromatic rings. The quantitative estimate of drug-likeness (QED) is 0.830. The summed E-state index contributed by atoms with van der Waals surface area (Å²) >= 11 is 4.53. The number of fused-ring (bicyclic) bond motifs is 1. The standard InChI is InChI=1S/C12H17BrN2O3S2/c13-12-11(6-8(7-16)19-12)20(17,18)14-9-3-5-15-4-1-2-10(9)15/h6,9-10,14,16H,1-5,7H2. The highest BCUT2D eigenvalue weighted by Gasteiger charge is 2.39. The molecule has 0 saturated carbocycles. The number of aliphatic hydroxyl groups excluding tert-OH is 1. The molecule has 2 aliphatic heterocycles. The molecular weight excluding hydrogens is 364 g/mol. The Morgan fingerprint density at radius 2 is 2.25 bits per heavy atom. The van der Waals surface area contributed by atoms with Crippen LogP contribution in [0.3, 0.4) is 0 Å². The lowest BCUT2D eigenvalue weighted by Crippen LogP contribution is -2.42. The van der Waals surface area contributed by atoms with Crippen LogP contribution < -0.4 is 4.72 Å². The second-order valence-electron chi connectivity index (χ2n) is 5.27. The van der Waals surface area contributed by atoms with Gasteiger partial charge < -0.3 is 5.11 Å². The third-order valence-corrected chi connectivity index (χ3v) is 7.79. The molecule has 0 bridgehead atoms. The van der Waals surface area contributed by atoms with Gasteiger partial charge >= 0.3 is 0 Å². The van der Waals surface area contributed by atoms with Gasteiger partial charge in [-0.05, 0) is 47.8 Å². The fourth-order valence-corrected chi connectivity index (χ4v) is 6.99. The first kappa shape index (κ1) is 14.9. The monoisotopic (exact) mass is 380 g/mol. The van der Waals surface area contributed by atoms with Crippen molar-refractivity contribution in [2.24, 2.45) is 0 Å². The zero-order chi connectivity index (χ0) is 14.3. The average Bonchev–Trinajstić information content (AvgIpc) is 3.06. The van der Waals surface area contributed by atoms with Gasteiger partial charge in [0.25, 0.3) is 0 Å². The number of halogens is 1. The summed E-state index contributed by atoms with van der Waals surface area (Å²) in [4.78, 5) is 3.25. The Morgan fingerprint density at radius 1 is 1.45 bits per heavy atom. The third-order valence-electron chi connectivity index (χ3n) is 4.06. The number of hydrogen-bond donors (Lipinski definition) is 2. The van der Waals surface area contributed by atoms with Crippen molar-refractivity contribution in [2.75, 3.05) is 13.1 Å². The fraction of sp³-hybridized carbons (Fsp3) is 0.667. The summed E-state index contributed by atoms with van der Waals surface area (Å²) in [5, 5.41) is 9.12. The number of nitrogens with one attached hydrogen (secondary N) is 1. The fourth-order valence-electron chi connectivity index (χ4n) is 3.14. The minimum absolute atomic E-state index is 0.00637. The SMILES string of the molecule is O=S(=O)(NC1CCN2CCCC12)c1cc(CO)sc1Br. The maximum absolute atomic E-state index is 12.5. The Hall–Kier alpha value is 0.01000. The number of hydrogen-bond acceptors (Lipinski definition) is 5. The summed E-state index contributed by atoms with van der Waals surface area (Å²) < 4.78 is 28.4. The summed E-state index contributed by atoms with van der Waals surface area (Å²) in [5.74, 6) is 0. The topological polar surface area (TPSA) is 69.6 Å². The summed E-state index contributed by atoms with van der Waals surface area (Å²) in [6.45, 7) is 1.92. The van der Waals surface area contributed by atoms with Crippen LogP contribution in [-0.4, -0.2) is 43.6 Å². The van der Waals surface area contributed by atoms with E-state index in [1.165, 1.54) is 11.3 Å². The number of rotatable bonds is 4. The molecule has 2 atom stereocenters. The van der Waals surface area contributed by atoms with Gasteiger partial charge in [-0.1, -0.05) is 0 Å². The molecule has 8 heteroatoms. The van der Waals surface area contributed by atoms with Crippen LogP contribution in [0.4, 0.5) is 0 Å². The lowest BCUT2D eigenvalue weighted by Gasteiger charge is -2.21. The van der Waals surface area contributed by atoms with Gasteiger partial charge in [0, 0.05) is 23.5 Å². The van der Waals surface area contributed by atoms with Crippen LogP contribution in [0, 0.1) is 0 Å². The molecule has 3 rings (SSSR count). The molecule has 5 nitrogen and oxygen atoms in total. The highest BCUT2D eigenvalue weighted by atomic mass is 79.9. The lowest BCUT2D eigenvalue weighted by atomic mass is 10.1.